The molecule has 1 heterocycles. The lowest BCUT2D eigenvalue weighted by Crippen LogP contribution is -1.92. The molecule has 0 N–H and O–H groups in total. The van der Waals surface area contributed by atoms with Crippen LogP contribution in [-0.4, -0.2) is 0 Å². The third-order valence-electron chi connectivity index (χ3n) is 7.81. The topological polar surface area (TPSA) is 13.1 Å². The molecule has 0 atom stereocenters. The molecule has 0 aliphatic heterocycles. The summed E-state index contributed by atoms with van der Waals surface area (Å²) in [5.74, 6) is 0. The maximum atomic E-state index is 10.3. The lowest BCUT2D eigenvalue weighted by atomic mass is 9.84. The van der Waals surface area contributed by atoms with Crippen LogP contribution >= 0.6 is 0 Å². The molecule has 9 aromatic carbocycles. The molecule has 47 heavy (non-hydrogen) atoms. The Morgan fingerprint density at radius 3 is 1.87 bits per heavy atom. The van der Waals surface area contributed by atoms with E-state index >= 15 is 0 Å². The molecular formula is C46H28O. The summed E-state index contributed by atoms with van der Waals surface area (Å²) in [6, 6.07) is -23.4. The molecule has 0 saturated carbocycles. The molecule has 1 aromatic heterocycles. The van der Waals surface area contributed by atoms with Gasteiger partial charge in [-0.15, -0.1) is 0 Å². The summed E-state index contributed by atoms with van der Waals surface area (Å²) in [6.45, 7) is 0. The number of furan rings is 1. The molecule has 0 bridgehead atoms. The van der Waals surface area contributed by atoms with E-state index in [1.807, 2.05) is 0 Å². The number of rotatable bonds is 3. The van der Waals surface area contributed by atoms with Crippen LogP contribution in [0.25, 0.3) is 98.4 Å². The first kappa shape index (κ1) is 11.0. The van der Waals surface area contributed by atoms with Crippen molar-refractivity contribution in [1.82, 2.24) is 0 Å². The molecular weight excluding hydrogens is 569 g/mol. The average Bonchev–Trinajstić information content (AvgIpc) is 3.75. The van der Waals surface area contributed by atoms with E-state index < -0.39 is 251 Å². The van der Waals surface area contributed by atoms with Crippen molar-refractivity contribution in [2.24, 2.45) is 0 Å². The molecule has 0 saturated heterocycles. The highest BCUT2D eigenvalue weighted by Gasteiger charge is 2.21. The predicted octanol–water partition coefficient (Wildman–Crippen LogP) is 13.2. The first-order valence-corrected chi connectivity index (χ1v) is 14.0. The van der Waals surface area contributed by atoms with Gasteiger partial charge in [-0.1, -0.05) is 151 Å². The Bertz CT molecular complexity index is 4380. The van der Waals surface area contributed by atoms with Gasteiger partial charge < -0.3 is 4.42 Å². The molecule has 0 amide bonds. The van der Waals surface area contributed by atoms with Crippen LogP contribution in [0.4, 0.5) is 0 Å². The molecule has 0 radical (unpaired) electrons. The van der Waals surface area contributed by atoms with Gasteiger partial charge >= 0.3 is 0 Å². The zero-order chi connectivity index (χ0) is 54.4. The van der Waals surface area contributed by atoms with E-state index in [4.69, 9.17) is 27.7 Å². The summed E-state index contributed by atoms with van der Waals surface area (Å²) in [7, 11) is 0. The number of fused-ring (bicyclic) bond motifs is 7. The van der Waals surface area contributed by atoms with E-state index in [9.17, 15) is 13.7 Å². The monoisotopic (exact) mass is 623 g/mol. The van der Waals surface area contributed by atoms with Gasteiger partial charge in [0.25, 0.3) is 0 Å². The van der Waals surface area contributed by atoms with Gasteiger partial charge in [-0.2, -0.15) is 0 Å². The van der Waals surface area contributed by atoms with Gasteiger partial charge in [-0.3, -0.25) is 0 Å². The Balaban J connectivity index is 1.62. The van der Waals surface area contributed by atoms with Crippen LogP contribution in [0.15, 0.2) is 174 Å². The Morgan fingerprint density at radius 2 is 0.979 bits per heavy atom. The SMILES string of the molecule is [2H]c1cc2oc3c(-c4c5c([2H])c([2H])c([2H])c([2H])c5c(-c5c([2H])c([2H])c6c([2H])c([2H])c([2H])c([2H])c6c5[2H])c5c([2H])c([2H])c(-c6c([2H])c([2H])c([2H])c7c([2H])c([2H])c([2H])c([2H])c67)c([2H])c45)c([2H])c([2H])c([2H])c3c2c([2H])c1[2H]. The van der Waals surface area contributed by atoms with Gasteiger partial charge in [0.15, 0.2) is 0 Å². The molecule has 218 valence electrons. The summed E-state index contributed by atoms with van der Waals surface area (Å²) in [5, 5.41) is -6.35. The number of benzene rings is 9. The molecule has 0 fully saturated rings. The largest absolute Gasteiger partial charge is 0.455 e. The fourth-order valence-corrected chi connectivity index (χ4v) is 5.81. The van der Waals surface area contributed by atoms with Crippen molar-refractivity contribution >= 4 is 65.0 Å². The second-order valence-electron chi connectivity index (χ2n) is 10.3. The molecule has 10 rings (SSSR count). The maximum absolute atomic E-state index is 10.3. The second kappa shape index (κ2) is 10.2. The Kier molecular flexibility index (Phi) is 2.37. The van der Waals surface area contributed by atoms with Crippen molar-refractivity contribution in [2.45, 2.75) is 0 Å². The van der Waals surface area contributed by atoms with Crippen molar-refractivity contribution in [1.29, 1.82) is 0 Å². The highest BCUT2D eigenvalue weighted by Crippen LogP contribution is 2.48. The minimum absolute atomic E-state index is 0.311. The van der Waals surface area contributed by atoms with Crippen LogP contribution in [0.1, 0.15) is 37.0 Å². The lowest BCUT2D eigenvalue weighted by Gasteiger charge is -2.19. The van der Waals surface area contributed by atoms with Crippen molar-refractivity contribution < 1.29 is 41.4 Å². The van der Waals surface area contributed by atoms with E-state index in [0.29, 0.717) is 0 Å². The summed E-state index contributed by atoms with van der Waals surface area (Å²) in [4.78, 5) is 0. The number of para-hydroxylation sites is 2. The lowest BCUT2D eigenvalue weighted by molar-refractivity contribution is 0.670. The van der Waals surface area contributed by atoms with Crippen molar-refractivity contribution in [3.8, 4) is 33.4 Å². The van der Waals surface area contributed by atoms with E-state index in [2.05, 4.69) is 0 Å². The van der Waals surface area contributed by atoms with Crippen molar-refractivity contribution in [3.05, 3.63) is 169 Å². The molecule has 1 heteroatoms. The normalized spacial score (nSPS) is 19.9. The smallest absolute Gasteiger partial charge is 0.143 e. The van der Waals surface area contributed by atoms with E-state index in [0.717, 1.165) is 6.07 Å². The Morgan fingerprint density at radius 1 is 0.362 bits per heavy atom. The first-order chi connectivity index (χ1) is 34.6. The summed E-state index contributed by atoms with van der Waals surface area (Å²) in [5.41, 5.74) is -5.56. The van der Waals surface area contributed by atoms with Crippen LogP contribution in [0, 0.1) is 0 Å². The third kappa shape index (κ3) is 3.97. The standard InChI is InChI=1S/C46H28O/c1-2-13-31-27-33(24-23-29(31)11-1)44-37-17-5-6-18-38(37)45(41-21-10-20-40-36-16-7-8-22-43(36)47-46(40)41)42-28-32(25-26-39(42)44)35-19-9-14-30-12-3-4-15-34(30)35/h1-28H/i1D,2D,3D,4D,5D,6D,7D,8D,9D,10D,11D,12D,13D,14D,15D,16D,17D,18D,19D,20D,21D,23D,24D,25D,26D,27D,28D. The summed E-state index contributed by atoms with van der Waals surface area (Å²) < 4.78 is 251. The summed E-state index contributed by atoms with van der Waals surface area (Å²) >= 11 is 0. The molecule has 10 aromatic rings. The number of hydrogen-bond donors (Lipinski definition) is 0. The maximum Gasteiger partial charge on any atom is 0.143 e. The first-order valence-electron chi connectivity index (χ1n) is 27.5. The minimum Gasteiger partial charge on any atom is -0.455 e. The second-order valence-corrected chi connectivity index (χ2v) is 10.3. The fraction of sp³-hybridized carbons (Fsp3) is 0. The van der Waals surface area contributed by atoms with Crippen LogP contribution in [0.5, 0.6) is 0 Å². The van der Waals surface area contributed by atoms with E-state index in [1.165, 1.54) is 0 Å². The Hall–Kier alpha value is -6.18. The van der Waals surface area contributed by atoms with Crippen LogP contribution in [-0.2, 0) is 0 Å². The molecule has 0 aliphatic carbocycles. The van der Waals surface area contributed by atoms with Gasteiger partial charge in [-0.25, -0.2) is 0 Å². The van der Waals surface area contributed by atoms with E-state index in [1.54, 1.807) is 0 Å². The zero-order valence-electron chi connectivity index (χ0n) is 50.5. The van der Waals surface area contributed by atoms with Crippen LogP contribution in [0.3, 0.4) is 0 Å². The third-order valence-corrected chi connectivity index (χ3v) is 7.81. The van der Waals surface area contributed by atoms with Gasteiger partial charge in [-0.05, 0) is 83.5 Å². The van der Waals surface area contributed by atoms with Crippen molar-refractivity contribution in [3.63, 3.8) is 0 Å². The van der Waals surface area contributed by atoms with Gasteiger partial charge in [0.1, 0.15) is 11.2 Å². The van der Waals surface area contributed by atoms with E-state index in [-0.39, 0.29) is 11.0 Å². The Labute approximate surface area is 309 Å². The van der Waals surface area contributed by atoms with Crippen LogP contribution in [0.2, 0.25) is 0 Å². The van der Waals surface area contributed by atoms with Crippen molar-refractivity contribution in [2.75, 3.05) is 0 Å². The molecule has 0 unspecified atom stereocenters. The molecule has 1 nitrogen and oxygen atoms in total. The van der Waals surface area contributed by atoms with Gasteiger partial charge in [0.2, 0.25) is 0 Å². The fourth-order valence-electron chi connectivity index (χ4n) is 5.81. The average molecular weight is 624 g/mol. The van der Waals surface area contributed by atoms with Crippen LogP contribution < -0.4 is 0 Å². The molecule has 0 spiro atoms. The highest BCUT2D eigenvalue weighted by atomic mass is 16.3. The molecule has 0 aliphatic rings. The highest BCUT2D eigenvalue weighted by molar-refractivity contribution is 6.25. The minimum atomic E-state index is -1.09. The van der Waals surface area contributed by atoms with Gasteiger partial charge in [0.05, 0.1) is 37.0 Å². The van der Waals surface area contributed by atoms with Gasteiger partial charge in [0, 0.05) is 21.9 Å². The zero-order valence-corrected chi connectivity index (χ0v) is 23.5. The quantitative estimate of drug-likeness (QED) is 0.178. The number of hydrogen-bond acceptors (Lipinski definition) is 1. The summed E-state index contributed by atoms with van der Waals surface area (Å²) in [6.07, 6.45) is 0. The predicted molar refractivity (Wildman–Crippen MR) is 200 cm³/mol.